The molecule has 0 saturated carbocycles. The minimum Gasteiger partial charge on any atom is -0.497 e. The van der Waals surface area contributed by atoms with Crippen LogP contribution in [0.1, 0.15) is 15.9 Å². The van der Waals surface area contributed by atoms with E-state index in [1.54, 1.807) is 30.3 Å². The molecule has 0 fully saturated rings. The zero-order chi connectivity index (χ0) is 20.0. The van der Waals surface area contributed by atoms with Crippen LogP contribution in [-0.4, -0.2) is 47.9 Å². The molecule has 0 heterocycles. The minimum atomic E-state index is -3.58. The number of anilines is 1. The van der Waals surface area contributed by atoms with Gasteiger partial charge in [0.25, 0.3) is 5.91 Å². The van der Waals surface area contributed by atoms with Gasteiger partial charge in [0.1, 0.15) is 11.5 Å². The summed E-state index contributed by atoms with van der Waals surface area (Å²) in [7, 11) is -0.604. The minimum absolute atomic E-state index is 0.0686. The van der Waals surface area contributed by atoms with Crippen LogP contribution in [0.5, 0.6) is 11.5 Å². The van der Waals surface area contributed by atoms with E-state index in [4.69, 9.17) is 9.47 Å². The summed E-state index contributed by atoms with van der Waals surface area (Å²) in [6.07, 6.45) is 1.11. The molecule has 1 amide bonds. The van der Waals surface area contributed by atoms with Gasteiger partial charge in [0.15, 0.2) is 0 Å². The quantitative estimate of drug-likeness (QED) is 0.745. The number of ether oxygens (including phenoxy) is 2. The van der Waals surface area contributed by atoms with Gasteiger partial charge in [-0.2, -0.15) is 0 Å². The molecule has 7 nitrogen and oxygen atoms in total. The van der Waals surface area contributed by atoms with Crippen LogP contribution in [0.15, 0.2) is 42.5 Å². The Bertz CT molecular complexity index is 895. The van der Waals surface area contributed by atoms with E-state index in [2.05, 4.69) is 5.32 Å². The molecule has 2 rings (SSSR count). The molecular weight excluding hydrogens is 368 g/mol. The van der Waals surface area contributed by atoms with Gasteiger partial charge in [0.2, 0.25) is 10.0 Å². The average molecular weight is 392 g/mol. The summed E-state index contributed by atoms with van der Waals surface area (Å²) >= 11 is 0. The first-order valence-corrected chi connectivity index (χ1v) is 10.2. The zero-order valence-corrected chi connectivity index (χ0v) is 16.7. The Balaban J connectivity index is 2.14. The standard InChI is InChI=1S/C19H24N2O5S/c1-14-5-7-15(8-6-14)19(22)20-11-12-21(27(4,23)24)17-10-9-16(25-2)13-18(17)26-3/h5-10,13H,11-12H2,1-4H3,(H,20,22). The normalized spacial score (nSPS) is 11.0. The van der Waals surface area contributed by atoms with Crippen molar-refractivity contribution in [3.8, 4) is 11.5 Å². The number of aryl methyl sites for hydroxylation is 1. The first kappa shape index (κ1) is 20.6. The lowest BCUT2D eigenvalue weighted by Gasteiger charge is -2.24. The van der Waals surface area contributed by atoms with E-state index >= 15 is 0 Å². The number of carbonyl (C=O) groups excluding carboxylic acids is 1. The van der Waals surface area contributed by atoms with Crippen LogP contribution in [-0.2, 0) is 10.0 Å². The van der Waals surface area contributed by atoms with Gasteiger partial charge in [-0.1, -0.05) is 17.7 Å². The molecule has 0 unspecified atom stereocenters. The Hall–Kier alpha value is -2.74. The number of methoxy groups -OCH3 is 2. The SMILES string of the molecule is COc1ccc(N(CCNC(=O)c2ccc(C)cc2)S(C)(=O)=O)c(OC)c1. The first-order valence-electron chi connectivity index (χ1n) is 8.31. The fourth-order valence-electron chi connectivity index (χ4n) is 2.53. The summed E-state index contributed by atoms with van der Waals surface area (Å²) in [4.78, 5) is 12.2. The van der Waals surface area contributed by atoms with Crippen LogP contribution < -0.4 is 19.1 Å². The number of hydrogen-bond acceptors (Lipinski definition) is 5. The van der Waals surface area contributed by atoms with Crippen molar-refractivity contribution in [1.29, 1.82) is 0 Å². The van der Waals surface area contributed by atoms with E-state index in [9.17, 15) is 13.2 Å². The number of sulfonamides is 1. The van der Waals surface area contributed by atoms with Crippen LogP contribution in [0, 0.1) is 6.92 Å². The van der Waals surface area contributed by atoms with Crippen molar-refractivity contribution in [3.05, 3.63) is 53.6 Å². The Morgan fingerprint density at radius 3 is 2.30 bits per heavy atom. The summed E-state index contributed by atoms with van der Waals surface area (Å²) in [5, 5.41) is 2.74. The number of benzene rings is 2. The van der Waals surface area contributed by atoms with Gasteiger partial charge in [-0.15, -0.1) is 0 Å². The smallest absolute Gasteiger partial charge is 0.251 e. The highest BCUT2D eigenvalue weighted by Crippen LogP contribution is 2.33. The van der Waals surface area contributed by atoms with E-state index in [0.717, 1.165) is 11.8 Å². The molecular formula is C19H24N2O5S. The third kappa shape index (κ3) is 5.37. The number of hydrogen-bond donors (Lipinski definition) is 1. The molecule has 0 aliphatic rings. The number of rotatable bonds is 8. The van der Waals surface area contributed by atoms with Crippen LogP contribution in [0.4, 0.5) is 5.69 Å². The topological polar surface area (TPSA) is 84.9 Å². The van der Waals surface area contributed by atoms with Gasteiger partial charge in [-0.25, -0.2) is 8.42 Å². The third-order valence-electron chi connectivity index (χ3n) is 3.97. The molecule has 2 aromatic rings. The van der Waals surface area contributed by atoms with Gasteiger partial charge in [-0.05, 0) is 31.2 Å². The van der Waals surface area contributed by atoms with Gasteiger partial charge >= 0.3 is 0 Å². The monoisotopic (exact) mass is 392 g/mol. The van der Waals surface area contributed by atoms with Gasteiger partial charge in [0, 0.05) is 18.2 Å². The number of carbonyl (C=O) groups is 1. The lowest BCUT2D eigenvalue weighted by Crippen LogP contribution is -2.38. The molecule has 0 aliphatic carbocycles. The molecule has 0 radical (unpaired) electrons. The molecule has 1 N–H and O–H groups in total. The molecule has 2 aromatic carbocycles. The largest absolute Gasteiger partial charge is 0.497 e. The predicted molar refractivity (Wildman–Crippen MR) is 105 cm³/mol. The molecule has 8 heteroatoms. The van der Waals surface area contributed by atoms with Crippen molar-refractivity contribution >= 4 is 21.6 Å². The highest BCUT2D eigenvalue weighted by atomic mass is 32.2. The highest BCUT2D eigenvalue weighted by molar-refractivity contribution is 7.92. The maximum absolute atomic E-state index is 12.3. The Labute approximate surface area is 160 Å². The average Bonchev–Trinajstić information content (AvgIpc) is 2.64. The summed E-state index contributed by atoms with van der Waals surface area (Å²) in [6.45, 7) is 2.15. The van der Waals surface area contributed by atoms with Gasteiger partial charge in [-0.3, -0.25) is 9.10 Å². The molecule has 0 atom stereocenters. The predicted octanol–water partition coefficient (Wildman–Crippen LogP) is 2.21. The molecule has 0 bridgehead atoms. The van der Waals surface area contributed by atoms with Crippen molar-refractivity contribution in [1.82, 2.24) is 5.32 Å². The summed E-state index contributed by atoms with van der Waals surface area (Å²) in [6, 6.07) is 12.0. The van der Waals surface area contributed by atoms with Crippen LogP contribution >= 0.6 is 0 Å². The summed E-state index contributed by atoms with van der Waals surface area (Å²) in [5.41, 5.74) is 1.96. The van der Waals surface area contributed by atoms with Gasteiger partial charge in [0.05, 0.1) is 32.7 Å². The summed E-state index contributed by atoms with van der Waals surface area (Å²) in [5.74, 6) is 0.659. The third-order valence-corrected chi connectivity index (χ3v) is 5.15. The Morgan fingerprint density at radius 2 is 1.74 bits per heavy atom. The second-order valence-corrected chi connectivity index (χ2v) is 7.90. The fourth-order valence-corrected chi connectivity index (χ4v) is 3.46. The number of nitrogens with one attached hydrogen (secondary N) is 1. The van der Waals surface area contributed by atoms with Crippen molar-refractivity contribution in [2.45, 2.75) is 6.92 Å². The van der Waals surface area contributed by atoms with E-state index in [-0.39, 0.29) is 19.0 Å². The molecule has 0 aliphatic heterocycles. The van der Waals surface area contributed by atoms with E-state index in [1.807, 2.05) is 19.1 Å². The Kier molecular flexibility index (Phi) is 6.68. The molecule has 0 spiro atoms. The molecule has 0 aromatic heterocycles. The van der Waals surface area contributed by atoms with Crippen molar-refractivity contribution in [3.63, 3.8) is 0 Å². The van der Waals surface area contributed by atoms with E-state index < -0.39 is 10.0 Å². The molecule has 146 valence electrons. The lowest BCUT2D eigenvalue weighted by molar-refractivity contribution is 0.0955. The van der Waals surface area contributed by atoms with Crippen LogP contribution in [0.25, 0.3) is 0 Å². The van der Waals surface area contributed by atoms with Crippen molar-refractivity contribution in [2.24, 2.45) is 0 Å². The van der Waals surface area contributed by atoms with Crippen molar-refractivity contribution < 1.29 is 22.7 Å². The first-order chi connectivity index (χ1) is 12.8. The number of nitrogens with zero attached hydrogens (tertiary/aromatic N) is 1. The molecule has 27 heavy (non-hydrogen) atoms. The second kappa shape index (κ2) is 8.77. The highest BCUT2D eigenvalue weighted by Gasteiger charge is 2.21. The Morgan fingerprint density at radius 1 is 1.07 bits per heavy atom. The zero-order valence-electron chi connectivity index (χ0n) is 15.9. The molecule has 0 saturated heterocycles. The van der Waals surface area contributed by atoms with Crippen LogP contribution in [0.3, 0.4) is 0 Å². The maximum atomic E-state index is 12.3. The second-order valence-electron chi connectivity index (χ2n) is 5.99. The van der Waals surface area contributed by atoms with E-state index in [0.29, 0.717) is 22.7 Å². The van der Waals surface area contributed by atoms with Crippen LogP contribution in [0.2, 0.25) is 0 Å². The van der Waals surface area contributed by atoms with Gasteiger partial charge < -0.3 is 14.8 Å². The maximum Gasteiger partial charge on any atom is 0.251 e. The number of amides is 1. The summed E-state index contributed by atoms with van der Waals surface area (Å²) < 4.78 is 36.2. The fraction of sp³-hybridized carbons (Fsp3) is 0.316. The van der Waals surface area contributed by atoms with E-state index in [1.165, 1.54) is 18.5 Å². The lowest BCUT2D eigenvalue weighted by atomic mass is 10.1. The van der Waals surface area contributed by atoms with Crippen molar-refractivity contribution in [2.75, 3.05) is 37.9 Å².